The average molecular weight is 354 g/mol. The monoisotopic (exact) mass is 353 g/mol. The van der Waals surface area contributed by atoms with Crippen molar-refractivity contribution in [2.75, 3.05) is 19.6 Å². The van der Waals surface area contributed by atoms with Crippen LogP contribution in [0.1, 0.15) is 18.9 Å². The van der Waals surface area contributed by atoms with Crippen molar-refractivity contribution in [2.24, 2.45) is 5.92 Å². The standard InChI is InChI=1S/C17H20ClNO5/c1-16-13(7-8-18)14(21)19(17(16,10-20)15(22)24-16)9-11-3-5-12(23-2)6-4-11/h3-6,13,20H,7-10H2,1-2H3/t13-,16-,17?/m1/s1. The number of rotatable bonds is 6. The molecule has 0 spiro atoms. The lowest BCUT2D eigenvalue weighted by atomic mass is 9.71. The summed E-state index contributed by atoms with van der Waals surface area (Å²) in [6.45, 7) is 1.45. The Labute approximate surface area is 145 Å². The number of ether oxygens (including phenoxy) is 2. The van der Waals surface area contributed by atoms with Crippen molar-refractivity contribution < 1.29 is 24.2 Å². The first-order valence-corrected chi connectivity index (χ1v) is 8.32. The maximum absolute atomic E-state index is 12.9. The lowest BCUT2D eigenvalue weighted by molar-refractivity contribution is -0.239. The predicted octanol–water partition coefficient (Wildman–Crippen LogP) is 1.33. The van der Waals surface area contributed by atoms with E-state index in [4.69, 9.17) is 21.1 Å². The molecule has 130 valence electrons. The number of carbonyl (C=O) groups is 2. The van der Waals surface area contributed by atoms with Crippen molar-refractivity contribution >= 4 is 23.5 Å². The van der Waals surface area contributed by atoms with Crippen molar-refractivity contribution in [1.82, 2.24) is 4.90 Å². The Hall–Kier alpha value is -1.79. The molecule has 0 radical (unpaired) electrons. The number of likely N-dealkylation sites (tertiary alicyclic amines) is 1. The molecule has 1 aromatic carbocycles. The minimum atomic E-state index is -1.33. The van der Waals surface area contributed by atoms with Gasteiger partial charge in [0.05, 0.1) is 19.6 Å². The van der Waals surface area contributed by atoms with Crippen LogP contribution in [0.4, 0.5) is 0 Å². The van der Waals surface area contributed by atoms with Gasteiger partial charge in [-0.15, -0.1) is 11.6 Å². The lowest BCUT2D eigenvalue weighted by Gasteiger charge is -2.53. The van der Waals surface area contributed by atoms with Crippen molar-refractivity contribution in [2.45, 2.75) is 31.0 Å². The van der Waals surface area contributed by atoms with Crippen molar-refractivity contribution in [3.8, 4) is 5.75 Å². The van der Waals surface area contributed by atoms with Crippen molar-refractivity contribution in [1.29, 1.82) is 0 Å². The summed E-state index contributed by atoms with van der Waals surface area (Å²) in [5.41, 5.74) is -1.54. The van der Waals surface area contributed by atoms with E-state index in [1.54, 1.807) is 26.2 Å². The van der Waals surface area contributed by atoms with E-state index in [0.717, 1.165) is 5.56 Å². The molecule has 0 saturated carbocycles. The van der Waals surface area contributed by atoms with Gasteiger partial charge in [0, 0.05) is 12.4 Å². The molecule has 2 aliphatic rings. The van der Waals surface area contributed by atoms with E-state index in [9.17, 15) is 14.7 Å². The van der Waals surface area contributed by atoms with Gasteiger partial charge >= 0.3 is 5.97 Å². The number of fused-ring (bicyclic) bond motifs is 1. The first kappa shape index (κ1) is 17.0. The van der Waals surface area contributed by atoms with Crippen molar-refractivity contribution in [3.63, 3.8) is 0 Å². The van der Waals surface area contributed by atoms with Crippen LogP contribution in [0.5, 0.6) is 5.75 Å². The van der Waals surface area contributed by atoms with E-state index >= 15 is 0 Å². The van der Waals surface area contributed by atoms with Crippen LogP contribution in [0, 0.1) is 5.92 Å². The van der Waals surface area contributed by atoms with Crippen molar-refractivity contribution in [3.05, 3.63) is 29.8 Å². The highest BCUT2D eigenvalue weighted by atomic mass is 35.5. The molecular formula is C17H20ClNO5. The summed E-state index contributed by atoms with van der Waals surface area (Å²) in [5.74, 6) is -0.337. The Morgan fingerprint density at radius 3 is 2.50 bits per heavy atom. The first-order chi connectivity index (χ1) is 11.4. The molecule has 3 atom stereocenters. The Bertz CT molecular complexity index is 663. The number of amides is 1. The second kappa shape index (κ2) is 5.93. The van der Waals surface area contributed by atoms with Gasteiger partial charge in [-0.25, -0.2) is 4.79 Å². The zero-order chi connectivity index (χ0) is 17.5. The Balaban J connectivity index is 1.95. The average Bonchev–Trinajstić information content (AvgIpc) is 2.71. The van der Waals surface area contributed by atoms with Gasteiger partial charge in [0.25, 0.3) is 0 Å². The third-order valence-corrected chi connectivity index (χ3v) is 5.50. The largest absolute Gasteiger partial charge is 0.497 e. The molecule has 2 aliphatic heterocycles. The molecule has 1 aromatic rings. The van der Waals surface area contributed by atoms with Crippen LogP contribution >= 0.6 is 11.6 Å². The zero-order valence-electron chi connectivity index (χ0n) is 13.6. The van der Waals surface area contributed by atoms with Crippen LogP contribution in [0.2, 0.25) is 0 Å². The summed E-state index contributed by atoms with van der Waals surface area (Å²) in [5, 5.41) is 9.97. The highest BCUT2D eigenvalue weighted by Crippen LogP contribution is 2.55. The second-order valence-corrected chi connectivity index (χ2v) is 6.70. The maximum Gasteiger partial charge on any atom is 0.339 e. The first-order valence-electron chi connectivity index (χ1n) is 7.79. The molecule has 2 heterocycles. The number of nitrogens with zero attached hydrogens (tertiary/aromatic N) is 1. The fourth-order valence-corrected chi connectivity index (χ4v) is 4.03. The molecule has 1 amide bonds. The SMILES string of the molecule is COc1ccc(CN2C(=O)[C@@H](CCCl)[C@@]3(C)OC(=O)C23CO)cc1. The third-order valence-electron chi connectivity index (χ3n) is 5.28. The van der Waals surface area contributed by atoms with Gasteiger partial charge in [-0.3, -0.25) is 4.79 Å². The molecular weight excluding hydrogens is 334 g/mol. The number of aliphatic hydroxyl groups is 1. The van der Waals surface area contributed by atoms with Gasteiger partial charge in [0.2, 0.25) is 11.4 Å². The summed E-state index contributed by atoms with van der Waals surface area (Å²) in [7, 11) is 1.58. The van der Waals surface area contributed by atoms with E-state index in [1.165, 1.54) is 4.90 Å². The molecule has 0 aliphatic carbocycles. The number of halogens is 1. The van der Waals surface area contributed by atoms with Gasteiger partial charge in [-0.1, -0.05) is 12.1 Å². The molecule has 0 aromatic heterocycles. The number of aliphatic hydroxyl groups excluding tert-OH is 1. The molecule has 1 unspecified atom stereocenters. The molecule has 2 fully saturated rings. The quantitative estimate of drug-likeness (QED) is 0.616. The molecule has 3 rings (SSSR count). The highest BCUT2D eigenvalue weighted by molar-refractivity contribution is 6.18. The van der Waals surface area contributed by atoms with Crippen LogP contribution in [0.15, 0.2) is 24.3 Å². The number of hydrogen-bond donors (Lipinski definition) is 1. The van der Waals surface area contributed by atoms with Gasteiger partial charge < -0.3 is 19.5 Å². The summed E-state index contributed by atoms with van der Waals surface area (Å²) in [4.78, 5) is 26.6. The molecule has 24 heavy (non-hydrogen) atoms. The minimum absolute atomic E-state index is 0.214. The molecule has 2 saturated heterocycles. The Morgan fingerprint density at radius 1 is 1.33 bits per heavy atom. The van der Waals surface area contributed by atoms with Crippen LogP contribution in [-0.2, 0) is 20.9 Å². The number of methoxy groups -OCH3 is 1. The van der Waals surface area contributed by atoms with E-state index in [-0.39, 0.29) is 18.3 Å². The number of benzene rings is 1. The fraction of sp³-hybridized carbons (Fsp3) is 0.529. The van der Waals surface area contributed by atoms with Crippen LogP contribution in [0.25, 0.3) is 0 Å². The van der Waals surface area contributed by atoms with Crippen LogP contribution in [0.3, 0.4) is 0 Å². The maximum atomic E-state index is 12.9. The minimum Gasteiger partial charge on any atom is -0.497 e. The van der Waals surface area contributed by atoms with E-state index in [0.29, 0.717) is 12.2 Å². The summed E-state index contributed by atoms with van der Waals surface area (Å²) < 4.78 is 10.5. The fourth-order valence-electron chi connectivity index (χ4n) is 3.81. The lowest BCUT2D eigenvalue weighted by Crippen LogP contribution is -2.76. The zero-order valence-corrected chi connectivity index (χ0v) is 14.4. The molecule has 0 bridgehead atoms. The van der Waals surface area contributed by atoms with Gasteiger partial charge in [-0.2, -0.15) is 0 Å². The summed E-state index contributed by atoms with van der Waals surface area (Å²) >= 11 is 5.82. The summed E-state index contributed by atoms with van der Waals surface area (Å²) in [6.07, 6.45) is 0.394. The Morgan fingerprint density at radius 2 is 2.00 bits per heavy atom. The molecule has 7 heteroatoms. The van der Waals surface area contributed by atoms with Crippen LogP contribution in [-0.4, -0.2) is 52.6 Å². The number of alkyl halides is 1. The number of hydrogen-bond acceptors (Lipinski definition) is 5. The smallest absolute Gasteiger partial charge is 0.339 e. The molecule has 6 nitrogen and oxygen atoms in total. The highest BCUT2D eigenvalue weighted by Gasteiger charge is 2.79. The van der Waals surface area contributed by atoms with Gasteiger partial charge in [0.1, 0.15) is 5.75 Å². The Kier molecular flexibility index (Phi) is 4.21. The van der Waals surface area contributed by atoms with E-state index < -0.39 is 29.6 Å². The number of esters is 1. The third kappa shape index (κ3) is 2.06. The van der Waals surface area contributed by atoms with Gasteiger partial charge in [-0.05, 0) is 31.0 Å². The topological polar surface area (TPSA) is 76.1 Å². The normalized spacial score (nSPS) is 31.5. The summed E-state index contributed by atoms with van der Waals surface area (Å²) in [6, 6.07) is 7.23. The second-order valence-electron chi connectivity index (χ2n) is 6.32. The van der Waals surface area contributed by atoms with E-state index in [2.05, 4.69) is 0 Å². The van der Waals surface area contributed by atoms with Crippen LogP contribution < -0.4 is 4.74 Å². The predicted molar refractivity (Wildman–Crippen MR) is 86.7 cm³/mol. The van der Waals surface area contributed by atoms with Gasteiger partial charge in [0.15, 0.2) is 5.60 Å². The van der Waals surface area contributed by atoms with E-state index in [1.807, 2.05) is 12.1 Å². The number of carbonyl (C=O) groups excluding carboxylic acids is 2. The molecule has 1 N–H and O–H groups in total.